The number of hydrogen-bond donors (Lipinski definition) is 0. The number of halogens is 1. The van der Waals surface area contributed by atoms with Crippen LogP contribution in [0, 0.1) is 0 Å². The molecule has 0 aromatic carbocycles. The first kappa shape index (κ1) is 10.2. The number of morpholine rings is 1. The van der Waals surface area contributed by atoms with Gasteiger partial charge in [-0.1, -0.05) is 0 Å². The van der Waals surface area contributed by atoms with Crippen LogP contribution in [-0.2, 0) is 4.74 Å². The zero-order valence-electron chi connectivity index (χ0n) is 8.02. The summed E-state index contributed by atoms with van der Waals surface area (Å²) in [6, 6.07) is 0. The Bertz CT molecular complexity index is 280. The van der Waals surface area contributed by atoms with Crippen molar-refractivity contribution in [1.29, 1.82) is 0 Å². The van der Waals surface area contributed by atoms with Gasteiger partial charge in [0.2, 0.25) is 0 Å². The van der Waals surface area contributed by atoms with Crippen molar-refractivity contribution in [2.24, 2.45) is 0 Å². The molecule has 0 amide bonds. The van der Waals surface area contributed by atoms with Gasteiger partial charge in [-0.05, 0) is 6.92 Å². The van der Waals surface area contributed by atoms with E-state index in [1.165, 1.54) is 0 Å². The van der Waals surface area contributed by atoms with E-state index in [4.69, 9.17) is 16.3 Å². The summed E-state index contributed by atoms with van der Waals surface area (Å²) in [6.07, 6.45) is 2.19. The lowest BCUT2D eigenvalue weighted by atomic mass is 10.2. The molecule has 2 rings (SSSR count). The lowest BCUT2D eigenvalue weighted by Crippen LogP contribution is -2.47. The smallest absolute Gasteiger partial charge is 0.185 e. The molecule has 1 aromatic rings. The first-order chi connectivity index (χ1) is 6.79. The fraction of sp³-hybridized carbons (Fsp3) is 0.667. The monoisotopic (exact) mass is 232 g/mol. The van der Waals surface area contributed by atoms with E-state index in [0.29, 0.717) is 5.88 Å². The third-order valence-corrected chi connectivity index (χ3v) is 3.36. The molecule has 2 unspecified atom stereocenters. The van der Waals surface area contributed by atoms with Crippen LogP contribution >= 0.6 is 22.9 Å². The Kier molecular flexibility index (Phi) is 3.26. The topological polar surface area (TPSA) is 25.4 Å². The van der Waals surface area contributed by atoms with Crippen molar-refractivity contribution in [3.8, 4) is 0 Å². The maximum Gasteiger partial charge on any atom is 0.185 e. The Hall–Kier alpha value is -0.320. The van der Waals surface area contributed by atoms with Crippen molar-refractivity contribution < 1.29 is 4.74 Å². The van der Waals surface area contributed by atoms with Crippen LogP contribution in [0.5, 0.6) is 0 Å². The second-order valence-corrected chi connectivity index (χ2v) is 4.62. The number of ether oxygens (including phenoxy) is 1. The Morgan fingerprint density at radius 3 is 3.21 bits per heavy atom. The van der Waals surface area contributed by atoms with Gasteiger partial charge in [-0.15, -0.1) is 22.9 Å². The molecule has 2 heterocycles. The number of aromatic nitrogens is 1. The van der Waals surface area contributed by atoms with Crippen LogP contribution in [0.25, 0.3) is 0 Å². The van der Waals surface area contributed by atoms with Crippen LogP contribution in [0.4, 0.5) is 5.13 Å². The van der Waals surface area contributed by atoms with E-state index in [9.17, 15) is 0 Å². The lowest BCUT2D eigenvalue weighted by Gasteiger charge is -2.35. The summed E-state index contributed by atoms with van der Waals surface area (Å²) in [4.78, 5) is 6.53. The molecule has 0 N–H and O–H groups in total. The van der Waals surface area contributed by atoms with E-state index in [1.807, 2.05) is 11.6 Å². The van der Waals surface area contributed by atoms with Gasteiger partial charge in [0.25, 0.3) is 0 Å². The average Bonchev–Trinajstić information content (AvgIpc) is 2.69. The quantitative estimate of drug-likeness (QED) is 0.730. The molecular weight excluding hydrogens is 220 g/mol. The first-order valence-corrected chi connectivity index (χ1v) is 6.07. The Morgan fingerprint density at radius 2 is 2.57 bits per heavy atom. The molecule has 1 aliphatic rings. The largest absolute Gasteiger partial charge is 0.370 e. The number of anilines is 1. The molecule has 0 radical (unpaired) electrons. The summed E-state index contributed by atoms with van der Waals surface area (Å²) in [5.74, 6) is 0.548. The van der Waals surface area contributed by atoms with Gasteiger partial charge in [0.05, 0.1) is 18.1 Å². The highest BCUT2D eigenvalue weighted by Gasteiger charge is 2.25. The molecule has 1 aromatic heterocycles. The fourth-order valence-corrected chi connectivity index (χ4v) is 2.49. The van der Waals surface area contributed by atoms with Crippen molar-refractivity contribution in [3.63, 3.8) is 0 Å². The highest BCUT2D eigenvalue weighted by Crippen LogP contribution is 2.22. The van der Waals surface area contributed by atoms with Gasteiger partial charge < -0.3 is 9.64 Å². The fourth-order valence-electron chi connectivity index (χ4n) is 1.66. The van der Waals surface area contributed by atoms with Gasteiger partial charge in [0, 0.05) is 24.7 Å². The van der Waals surface area contributed by atoms with Crippen LogP contribution < -0.4 is 4.90 Å². The van der Waals surface area contributed by atoms with E-state index in [-0.39, 0.29) is 12.2 Å². The average molecular weight is 233 g/mol. The number of alkyl halides is 1. The molecular formula is C9H13ClN2OS. The third-order valence-electron chi connectivity index (χ3n) is 2.19. The second kappa shape index (κ2) is 4.47. The van der Waals surface area contributed by atoms with Crippen molar-refractivity contribution in [1.82, 2.24) is 4.98 Å². The predicted octanol–water partition coefficient (Wildman–Crippen LogP) is 1.98. The summed E-state index contributed by atoms with van der Waals surface area (Å²) in [7, 11) is 0. The minimum atomic E-state index is 0.129. The molecule has 14 heavy (non-hydrogen) atoms. The Labute approximate surface area is 92.7 Å². The Morgan fingerprint density at radius 1 is 1.71 bits per heavy atom. The highest BCUT2D eigenvalue weighted by molar-refractivity contribution is 7.13. The van der Waals surface area contributed by atoms with E-state index < -0.39 is 0 Å². The molecule has 3 nitrogen and oxygen atoms in total. The molecule has 78 valence electrons. The van der Waals surface area contributed by atoms with Gasteiger partial charge in [0.1, 0.15) is 0 Å². The van der Waals surface area contributed by atoms with Crippen molar-refractivity contribution in [2.45, 2.75) is 19.1 Å². The maximum atomic E-state index is 5.80. The van der Waals surface area contributed by atoms with Crippen LogP contribution in [0.2, 0.25) is 0 Å². The second-order valence-electron chi connectivity index (χ2n) is 3.44. The molecule has 2 atom stereocenters. The van der Waals surface area contributed by atoms with E-state index >= 15 is 0 Å². The van der Waals surface area contributed by atoms with Gasteiger partial charge >= 0.3 is 0 Å². The zero-order valence-corrected chi connectivity index (χ0v) is 9.59. The molecule has 0 saturated carbocycles. The highest BCUT2D eigenvalue weighted by atomic mass is 35.5. The first-order valence-electron chi connectivity index (χ1n) is 4.65. The van der Waals surface area contributed by atoms with Crippen LogP contribution in [-0.4, -0.2) is 36.2 Å². The summed E-state index contributed by atoms with van der Waals surface area (Å²) in [6.45, 7) is 3.82. The van der Waals surface area contributed by atoms with Gasteiger partial charge in [-0.25, -0.2) is 4.98 Å². The van der Waals surface area contributed by atoms with Crippen molar-refractivity contribution in [2.75, 3.05) is 23.9 Å². The van der Waals surface area contributed by atoms with Gasteiger partial charge in [-0.2, -0.15) is 0 Å². The predicted molar refractivity (Wildman–Crippen MR) is 59.4 cm³/mol. The normalized spacial score (nSPS) is 28.0. The molecule has 1 saturated heterocycles. The summed E-state index contributed by atoms with van der Waals surface area (Å²) in [5, 5.41) is 3.06. The van der Waals surface area contributed by atoms with E-state index in [1.54, 1.807) is 11.3 Å². The van der Waals surface area contributed by atoms with Crippen LogP contribution in [0.3, 0.4) is 0 Å². The SMILES string of the molecule is CC1CN(c2nccs2)CC(CCl)O1. The lowest BCUT2D eigenvalue weighted by molar-refractivity contribution is -0.00333. The van der Waals surface area contributed by atoms with Crippen molar-refractivity contribution >= 4 is 28.1 Å². The molecule has 0 spiro atoms. The maximum absolute atomic E-state index is 5.80. The van der Waals surface area contributed by atoms with E-state index in [0.717, 1.165) is 18.2 Å². The molecule has 1 aliphatic heterocycles. The van der Waals surface area contributed by atoms with Crippen LogP contribution in [0.1, 0.15) is 6.92 Å². The molecule has 1 fully saturated rings. The number of nitrogens with zero attached hydrogens (tertiary/aromatic N) is 2. The number of rotatable bonds is 2. The third kappa shape index (κ3) is 2.19. The summed E-state index contributed by atoms with van der Waals surface area (Å²) in [5.41, 5.74) is 0. The molecule has 0 aliphatic carbocycles. The number of thiazole rings is 1. The molecule has 0 bridgehead atoms. The minimum absolute atomic E-state index is 0.129. The minimum Gasteiger partial charge on any atom is -0.370 e. The van der Waals surface area contributed by atoms with Crippen molar-refractivity contribution in [3.05, 3.63) is 11.6 Å². The van der Waals surface area contributed by atoms with Gasteiger partial charge in [0.15, 0.2) is 5.13 Å². The standard InChI is InChI=1S/C9H13ClN2OS/c1-7-5-12(6-8(4-10)13-7)9-11-2-3-14-9/h2-3,7-8H,4-6H2,1H3. The summed E-state index contributed by atoms with van der Waals surface area (Å²) < 4.78 is 5.67. The number of hydrogen-bond acceptors (Lipinski definition) is 4. The zero-order chi connectivity index (χ0) is 9.97. The van der Waals surface area contributed by atoms with E-state index in [2.05, 4.69) is 16.8 Å². The van der Waals surface area contributed by atoms with Crippen LogP contribution in [0.15, 0.2) is 11.6 Å². The Balaban J connectivity index is 2.05. The summed E-state index contributed by atoms with van der Waals surface area (Å²) >= 11 is 7.46. The molecule has 5 heteroatoms. The van der Waals surface area contributed by atoms with Gasteiger partial charge in [-0.3, -0.25) is 0 Å².